The Kier molecular flexibility index (Phi) is 5.88. The third kappa shape index (κ3) is 4.67. The van der Waals surface area contributed by atoms with Crippen molar-refractivity contribution in [3.05, 3.63) is 54.1 Å². The average Bonchev–Trinajstić information content (AvgIpc) is 2.75. The Bertz CT molecular complexity index is 1190. The van der Waals surface area contributed by atoms with Crippen molar-refractivity contribution < 1.29 is 28.2 Å². The van der Waals surface area contributed by atoms with Crippen LogP contribution in [0.2, 0.25) is 0 Å². The summed E-state index contributed by atoms with van der Waals surface area (Å²) >= 11 is 0. The minimum Gasteiger partial charge on any atom is -0.504 e. The molecule has 12 heteroatoms. The SMILES string of the molecule is COc1ccc(NS(=O)(=O)c2ccc(N=Nc3cc(O)c(O)c(C=O)c3)cc2)nn1. The van der Waals surface area contributed by atoms with Crippen molar-refractivity contribution in [2.45, 2.75) is 4.90 Å². The van der Waals surface area contributed by atoms with Gasteiger partial charge in [0.25, 0.3) is 10.0 Å². The molecule has 0 aliphatic rings. The maximum absolute atomic E-state index is 12.4. The van der Waals surface area contributed by atoms with E-state index in [1.54, 1.807) is 0 Å². The molecule has 0 amide bonds. The largest absolute Gasteiger partial charge is 0.504 e. The number of ether oxygens (including phenoxy) is 1. The Labute approximate surface area is 170 Å². The van der Waals surface area contributed by atoms with Crippen LogP contribution in [0.5, 0.6) is 17.4 Å². The number of nitrogens with zero attached hydrogens (tertiary/aromatic N) is 4. The lowest BCUT2D eigenvalue weighted by molar-refractivity contribution is 0.112. The van der Waals surface area contributed by atoms with E-state index in [2.05, 4.69) is 25.1 Å². The molecule has 0 atom stereocenters. The number of aromatic hydroxyl groups is 2. The lowest BCUT2D eigenvalue weighted by atomic mass is 10.2. The van der Waals surface area contributed by atoms with Gasteiger partial charge >= 0.3 is 0 Å². The van der Waals surface area contributed by atoms with Gasteiger partial charge in [0.15, 0.2) is 23.6 Å². The molecule has 0 radical (unpaired) electrons. The highest BCUT2D eigenvalue weighted by Crippen LogP contribution is 2.33. The number of hydrogen-bond donors (Lipinski definition) is 3. The zero-order valence-corrected chi connectivity index (χ0v) is 16.2. The van der Waals surface area contributed by atoms with Crippen LogP contribution in [-0.2, 0) is 10.0 Å². The highest BCUT2D eigenvalue weighted by molar-refractivity contribution is 7.92. The van der Waals surface area contributed by atoms with Crippen LogP contribution < -0.4 is 9.46 Å². The van der Waals surface area contributed by atoms with Gasteiger partial charge in [0.05, 0.1) is 28.9 Å². The molecule has 3 rings (SSSR count). The maximum atomic E-state index is 12.4. The molecule has 11 nitrogen and oxygen atoms in total. The number of rotatable bonds is 7. The van der Waals surface area contributed by atoms with E-state index in [4.69, 9.17) is 4.74 Å². The molecule has 154 valence electrons. The first kappa shape index (κ1) is 20.7. The van der Waals surface area contributed by atoms with Crippen LogP contribution in [-0.4, -0.2) is 42.2 Å². The Morgan fingerprint density at radius 1 is 1.00 bits per heavy atom. The van der Waals surface area contributed by atoms with E-state index in [9.17, 15) is 23.4 Å². The number of nitrogens with one attached hydrogen (secondary N) is 1. The second-order valence-electron chi connectivity index (χ2n) is 5.78. The van der Waals surface area contributed by atoms with Crippen molar-refractivity contribution in [1.82, 2.24) is 10.2 Å². The minimum absolute atomic E-state index is 0.0256. The number of sulfonamides is 1. The maximum Gasteiger partial charge on any atom is 0.263 e. The molecule has 0 fully saturated rings. The summed E-state index contributed by atoms with van der Waals surface area (Å²) in [4.78, 5) is 10.8. The molecule has 0 unspecified atom stereocenters. The third-order valence-corrected chi connectivity index (χ3v) is 5.12. The van der Waals surface area contributed by atoms with E-state index >= 15 is 0 Å². The summed E-state index contributed by atoms with van der Waals surface area (Å²) in [7, 11) is -2.49. The quantitative estimate of drug-likeness (QED) is 0.293. The molecule has 0 saturated heterocycles. The fourth-order valence-corrected chi connectivity index (χ4v) is 3.26. The summed E-state index contributed by atoms with van der Waals surface area (Å²) in [6.07, 6.45) is 0.369. The molecule has 0 spiro atoms. The zero-order valence-electron chi connectivity index (χ0n) is 15.4. The predicted octanol–water partition coefficient (Wildman–Crippen LogP) is 2.93. The number of carbonyl (C=O) groups is 1. The van der Waals surface area contributed by atoms with Gasteiger partial charge in [0, 0.05) is 12.1 Å². The summed E-state index contributed by atoms with van der Waals surface area (Å²) in [5.74, 6) is -0.789. The molecule has 0 saturated carbocycles. The number of anilines is 1. The normalized spacial score (nSPS) is 11.4. The van der Waals surface area contributed by atoms with Gasteiger partial charge in [-0.05, 0) is 36.4 Å². The minimum atomic E-state index is -3.90. The van der Waals surface area contributed by atoms with Crippen LogP contribution in [0.3, 0.4) is 0 Å². The second-order valence-corrected chi connectivity index (χ2v) is 7.46. The second kappa shape index (κ2) is 8.53. The molecule has 1 heterocycles. The highest BCUT2D eigenvalue weighted by Gasteiger charge is 2.15. The Hall–Kier alpha value is -4.06. The molecule has 3 N–H and O–H groups in total. The molecule has 3 aromatic rings. The van der Waals surface area contributed by atoms with Gasteiger partial charge < -0.3 is 14.9 Å². The van der Waals surface area contributed by atoms with E-state index in [0.717, 1.165) is 6.07 Å². The van der Waals surface area contributed by atoms with Crippen molar-refractivity contribution in [2.75, 3.05) is 11.8 Å². The number of hydrogen-bond acceptors (Lipinski definition) is 10. The number of methoxy groups -OCH3 is 1. The van der Waals surface area contributed by atoms with E-state index in [-0.39, 0.29) is 27.8 Å². The van der Waals surface area contributed by atoms with E-state index in [1.165, 1.54) is 49.6 Å². The number of azo groups is 1. The molecule has 0 aliphatic carbocycles. The van der Waals surface area contributed by atoms with Crippen molar-refractivity contribution >= 4 is 33.5 Å². The van der Waals surface area contributed by atoms with Gasteiger partial charge in [-0.2, -0.15) is 10.2 Å². The molecule has 30 heavy (non-hydrogen) atoms. The van der Waals surface area contributed by atoms with Crippen LogP contribution in [0, 0.1) is 0 Å². The van der Waals surface area contributed by atoms with Crippen LogP contribution in [0.25, 0.3) is 0 Å². The van der Waals surface area contributed by atoms with Crippen LogP contribution in [0.4, 0.5) is 17.2 Å². The Morgan fingerprint density at radius 2 is 1.70 bits per heavy atom. The number of aromatic nitrogens is 2. The zero-order chi connectivity index (χ0) is 21.7. The van der Waals surface area contributed by atoms with Crippen molar-refractivity contribution in [2.24, 2.45) is 10.2 Å². The number of phenolic OH excluding ortho intramolecular Hbond substituents is 2. The summed E-state index contributed by atoms with van der Waals surface area (Å²) in [5, 5.41) is 34.3. The Morgan fingerprint density at radius 3 is 2.30 bits per heavy atom. The number of carbonyl (C=O) groups excluding carboxylic acids is 1. The van der Waals surface area contributed by atoms with Gasteiger partial charge in [0.2, 0.25) is 5.88 Å². The molecule has 0 bridgehead atoms. The predicted molar refractivity (Wildman–Crippen MR) is 105 cm³/mol. The van der Waals surface area contributed by atoms with E-state index in [1.807, 2.05) is 0 Å². The van der Waals surface area contributed by atoms with Crippen molar-refractivity contribution in [3.8, 4) is 17.4 Å². The van der Waals surface area contributed by atoms with Gasteiger partial charge in [-0.15, -0.1) is 10.2 Å². The van der Waals surface area contributed by atoms with Gasteiger partial charge in [-0.1, -0.05) is 0 Å². The number of aldehydes is 1. The van der Waals surface area contributed by atoms with E-state index < -0.39 is 21.5 Å². The van der Waals surface area contributed by atoms with E-state index in [0.29, 0.717) is 12.0 Å². The number of phenols is 2. The Balaban J connectivity index is 1.76. The smallest absolute Gasteiger partial charge is 0.263 e. The fourth-order valence-electron chi connectivity index (χ4n) is 2.26. The van der Waals surface area contributed by atoms with Crippen LogP contribution in [0.1, 0.15) is 10.4 Å². The summed E-state index contributed by atoms with van der Waals surface area (Å²) in [5.41, 5.74) is 0.306. The molecular formula is C18H15N5O6S. The van der Waals surface area contributed by atoms with Crippen LogP contribution in [0.15, 0.2) is 63.7 Å². The summed E-state index contributed by atoms with van der Waals surface area (Å²) in [6, 6.07) is 10.7. The monoisotopic (exact) mass is 429 g/mol. The standard InChI is InChI=1S/C18H15N5O6S/c1-29-17-7-6-16(21-22-17)23-30(27,28)14-4-2-12(3-5-14)19-20-13-8-11(10-24)18(26)15(25)9-13/h2-10,25-26H,1H3,(H,21,23). The first-order valence-electron chi connectivity index (χ1n) is 8.26. The van der Waals surface area contributed by atoms with Gasteiger partial charge in [-0.3, -0.25) is 9.52 Å². The first-order valence-corrected chi connectivity index (χ1v) is 9.74. The molecule has 1 aromatic heterocycles. The van der Waals surface area contributed by atoms with Crippen molar-refractivity contribution in [3.63, 3.8) is 0 Å². The first-order chi connectivity index (χ1) is 14.3. The molecule has 0 aliphatic heterocycles. The summed E-state index contributed by atoms with van der Waals surface area (Å²) in [6.45, 7) is 0. The third-order valence-electron chi connectivity index (χ3n) is 3.75. The lowest BCUT2D eigenvalue weighted by Gasteiger charge is -2.07. The van der Waals surface area contributed by atoms with Crippen LogP contribution >= 0.6 is 0 Å². The average molecular weight is 429 g/mol. The molecule has 2 aromatic carbocycles. The fraction of sp³-hybridized carbons (Fsp3) is 0.0556. The molecular weight excluding hydrogens is 414 g/mol. The lowest BCUT2D eigenvalue weighted by Crippen LogP contribution is -2.14. The van der Waals surface area contributed by atoms with Gasteiger partial charge in [0.1, 0.15) is 0 Å². The van der Waals surface area contributed by atoms with Crippen molar-refractivity contribution in [1.29, 1.82) is 0 Å². The topological polar surface area (TPSA) is 163 Å². The summed E-state index contributed by atoms with van der Waals surface area (Å²) < 4.78 is 32.0. The number of benzene rings is 2. The van der Waals surface area contributed by atoms with Gasteiger partial charge in [-0.25, -0.2) is 8.42 Å². The highest BCUT2D eigenvalue weighted by atomic mass is 32.2.